The molecule has 0 amide bonds. The van der Waals surface area contributed by atoms with Gasteiger partial charge >= 0.3 is 5.97 Å². The van der Waals surface area contributed by atoms with Crippen LogP contribution in [0.4, 0.5) is 4.39 Å². The minimum Gasteiger partial charge on any atom is -0.481 e. The van der Waals surface area contributed by atoms with Crippen molar-refractivity contribution in [3.63, 3.8) is 0 Å². The molecular formula is C14H13FO3. The fourth-order valence-corrected chi connectivity index (χ4v) is 1.89. The molecule has 1 aromatic carbocycles. The summed E-state index contributed by atoms with van der Waals surface area (Å²) in [6, 6.07) is 7.76. The number of carboxylic acid groups (broad SMARTS) is 1. The molecule has 0 aliphatic heterocycles. The SMILES string of the molecule is O=C(O)C(Cc1ccoc1)Cc1cccc(F)c1. The van der Waals surface area contributed by atoms with Crippen LogP contribution in [0.5, 0.6) is 0 Å². The van der Waals surface area contributed by atoms with Crippen LogP contribution < -0.4 is 0 Å². The molecule has 3 nitrogen and oxygen atoms in total. The number of hydrogen-bond donors (Lipinski definition) is 1. The van der Waals surface area contributed by atoms with Gasteiger partial charge < -0.3 is 9.52 Å². The molecule has 2 aromatic rings. The standard InChI is InChI=1S/C14H13FO3/c15-13-3-1-2-10(8-13)6-12(14(16)17)7-11-4-5-18-9-11/h1-5,8-9,12H,6-7H2,(H,16,17). The Morgan fingerprint density at radius 2 is 2.06 bits per heavy atom. The van der Waals surface area contributed by atoms with Gasteiger partial charge in [-0.1, -0.05) is 12.1 Å². The molecule has 1 heterocycles. The summed E-state index contributed by atoms with van der Waals surface area (Å²) in [6.45, 7) is 0. The summed E-state index contributed by atoms with van der Waals surface area (Å²) >= 11 is 0. The van der Waals surface area contributed by atoms with Crippen LogP contribution in [0.2, 0.25) is 0 Å². The van der Waals surface area contributed by atoms with Gasteiger partial charge in [0.05, 0.1) is 18.4 Å². The van der Waals surface area contributed by atoms with E-state index in [0.29, 0.717) is 18.4 Å². The zero-order valence-corrected chi connectivity index (χ0v) is 9.67. The van der Waals surface area contributed by atoms with Crippen molar-refractivity contribution < 1.29 is 18.7 Å². The Labute approximate surface area is 104 Å². The van der Waals surface area contributed by atoms with Gasteiger partial charge in [-0.2, -0.15) is 0 Å². The van der Waals surface area contributed by atoms with Crippen LogP contribution in [-0.2, 0) is 17.6 Å². The number of furan rings is 1. The van der Waals surface area contributed by atoms with Crippen LogP contribution in [0.1, 0.15) is 11.1 Å². The average Bonchev–Trinajstić information content (AvgIpc) is 2.81. The van der Waals surface area contributed by atoms with E-state index in [1.165, 1.54) is 24.7 Å². The Morgan fingerprint density at radius 3 is 2.67 bits per heavy atom. The highest BCUT2D eigenvalue weighted by Gasteiger charge is 2.19. The quantitative estimate of drug-likeness (QED) is 0.885. The number of halogens is 1. The second-order valence-electron chi connectivity index (χ2n) is 4.20. The summed E-state index contributed by atoms with van der Waals surface area (Å²) in [5, 5.41) is 9.18. The van der Waals surface area contributed by atoms with E-state index in [1.807, 2.05) is 0 Å². The lowest BCUT2D eigenvalue weighted by molar-refractivity contribution is -0.141. The molecule has 1 atom stereocenters. The molecule has 0 bridgehead atoms. The van der Waals surface area contributed by atoms with Gasteiger partial charge in [-0.05, 0) is 42.2 Å². The summed E-state index contributed by atoms with van der Waals surface area (Å²) in [5.41, 5.74) is 1.52. The van der Waals surface area contributed by atoms with E-state index in [-0.39, 0.29) is 5.82 Å². The van der Waals surface area contributed by atoms with Gasteiger partial charge in [-0.25, -0.2) is 4.39 Å². The minimum atomic E-state index is -0.888. The molecule has 4 heteroatoms. The molecule has 0 saturated carbocycles. The summed E-state index contributed by atoms with van der Waals surface area (Å²) in [6.07, 6.45) is 3.72. The predicted octanol–water partition coefficient (Wildman–Crippen LogP) is 2.90. The van der Waals surface area contributed by atoms with Crippen molar-refractivity contribution in [3.8, 4) is 0 Å². The maximum Gasteiger partial charge on any atom is 0.307 e. The van der Waals surface area contributed by atoms with Crippen molar-refractivity contribution in [2.45, 2.75) is 12.8 Å². The second-order valence-corrected chi connectivity index (χ2v) is 4.20. The lowest BCUT2D eigenvalue weighted by Gasteiger charge is -2.11. The second kappa shape index (κ2) is 5.49. The first kappa shape index (κ1) is 12.4. The molecule has 2 rings (SSSR count). The topological polar surface area (TPSA) is 50.4 Å². The lowest BCUT2D eigenvalue weighted by atomic mass is 9.94. The zero-order chi connectivity index (χ0) is 13.0. The van der Waals surface area contributed by atoms with Crippen molar-refractivity contribution in [1.82, 2.24) is 0 Å². The first-order valence-electron chi connectivity index (χ1n) is 5.63. The molecule has 0 radical (unpaired) electrons. The number of hydrogen-bond acceptors (Lipinski definition) is 2. The van der Waals surface area contributed by atoms with Crippen LogP contribution in [0, 0.1) is 11.7 Å². The summed E-state index contributed by atoms with van der Waals surface area (Å²) in [7, 11) is 0. The largest absolute Gasteiger partial charge is 0.481 e. The fourth-order valence-electron chi connectivity index (χ4n) is 1.89. The van der Waals surface area contributed by atoms with Crippen molar-refractivity contribution in [1.29, 1.82) is 0 Å². The number of carboxylic acids is 1. The van der Waals surface area contributed by atoms with E-state index in [9.17, 15) is 14.3 Å². The van der Waals surface area contributed by atoms with Crippen molar-refractivity contribution in [2.24, 2.45) is 5.92 Å². The highest BCUT2D eigenvalue weighted by Crippen LogP contribution is 2.16. The number of carbonyl (C=O) groups is 1. The fraction of sp³-hybridized carbons (Fsp3) is 0.214. The molecule has 0 aliphatic rings. The molecule has 1 N–H and O–H groups in total. The number of aliphatic carboxylic acids is 1. The molecule has 1 unspecified atom stereocenters. The zero-order valence-electron chi connectivity index (χ0n) is 9.67. The first-order chi connectivity index (χ1) is 8.65. The monoisotopic (exact) mass is 248 g/mol. The number of benzene rings is 1. The van der Waals surface area contributed by atoms with Crippen LogP contribution in [0.3, 0.4) is 0 Å². The maximum absolute atomic E-state index is 13.0. The molecule has 0 saturated heterocycles. The third-order valence-corrected chi connectivity index (χ3v) is 2.78. The Hall–Kier alpha value is -2.10. The van der Waals surface area contributed by atoms with Gasteiger partial charge in [0.2, 0.25) is 0 Å². The van der Waals surface area contributed by atoms with Crippen molar-refractivity contribution in [3.05, 3.63) is 59.8 Å². The highest BCUT2D eigenvalue weighted by atomic mass is 19.1. The normalized spacial score (nSPS) is 12.3. The van der Waals surface area contributed by atoms with Gasteiger partial charge in [-0.3, -0.25) is 4.79 Å². The highest BCUT2D eigenvalue weighted by molar-refractivity contribution is 5.70. The van der Waals surface area contributed by atoms with Crippen LogP contribution >= 0.6 is 0 Å². The van der Waals surface area contributed by atoms with Crippen molar-refractivity contribution >= 4 is 5.97 Å². The van der Waals surface area contributed by atoms with Gasteiger partial charge in [0, 0.05) is 0 Å². The van der Waals surface area contributed by atoms with Crippen LogP contribution in [0.15, 0.2) is 47.3 Å². The van der Waals surface area contributed by atoms with E-state index >= 15 is 0 Å². The Morgan fingerprint density at radius 1 is 1.28 bits per heavy atom. The minimum absolute atomic E-state index is 0.304. The molecule has 94 valence electrons. The van der Waals surface area contributed by atoms with Gasteiger partial charge in [0.25, 0.3) is 0 Å². The Balaban J connectivity index is 2.09. The summed E-state index contributed by atoms with van der Waals surface area (Å²) in [5.74, 6) is -1.81. The first-order valence-corrected chi connectivity index (χ1v) is 5.63. The van der Waals surface area contributed by atoms with E-state index in [0.717, 1.165) is 5.56 Å². The number of rotatable bonds is 5. The summed E-state index contributed by atoms with van der Waals surface area (Å²) in [4.78, 5) is 11.2. The van der Waals surface area contributed by atoms with E-state index < -0.39 is 11.9 Å². The third-order valence-electron chi connectivity index (χ3n) is 2.78. The van der Waals surface area contributed by atoms with E-state index in [2.05, 4.69) is 0 Å². The molecule has 1 aromatic heterocycles. The van der Waals surface area contributed by atoms with E-state index in [4.69, 9.17) is 4.42 Å². The third kappa shape index (κ3) is 3.20. The molecule has 0 spiro atoms. The van der Waals surface area contributed by atoms with Crippen LogP contribution in [0.25, 0.3) is 0 Å². The van der Waals surface area contributed by atoms with Crippen molar-refractivity contribution in [2.75, 3.05) is 0 Å². The van der Waals surface area contributed by atoms with Gasteiger partial charge in [-0.15, -0.1) is 0 Å². The Bertz CT molecular complexity index is 520. The smallest absolute Gasteiger partial charge is 0.307 e. The van der Waals surface area contributed by atoms with Crippen LogP contribution in [-0.4, -0.2) is 11.1 Å². The van der Waals surface area contributed by atoms with E-state index in [1.54, 1.807) is 18.2 Å². The van der Waals surface area contributed by atoms with Gasteiger partial charge in [0.1, 0.15) is 5.82 Å². The predicted molar refractivity (Wildman–Crippen MR) is 63.6 cm³/mol. The van der Waals surface area contributed by atoms with Gasteiger partial charge in [0.15, 0.2) is 0 Å². The summed E-state index contributed by atoms with van der Waals surface area (Å²) < 4.78 is 17.9. The molecule has 18 heavy (non-hydrogen) atoms. The molecular weight excluding hydrogens is 235 g/mol. The Kier molecular flexibility index (Phi) is 3.77. The lowest BCUT2D eigenvalue weighted by Crippen LogP contribution is -2.19. The molecule has 0 aliphatic carbocycles. The maximum atomic E-state index is 13.0. The molecule has 0 fully saturated rings. The average molecular weight is 248 g/mol.